The monoisotopic (exact) mass is 458 g/mol. The smallest absolute Gasteiger partial charge is 0.178 e. The van der Waals surface area contributed by atoms with Crippen LogP contribution in [-0.2, 0) is 0 Å². The molecule has 0 radical (unpaired) electrons. The van der Waals surface area contributed by atoms with E-state index in [1.54, 1.807) is 12.4 Å². The van der Waals surface area contributed by atoms with Crippen LogP contribution in [0.1, 0.15) is 5.56 Å². The fraction of sp³-hybridized carbons (Fsp3) is 0.0690. The Hall–Kier alpha value is -4.89. The molecule has 5 aromatic rings. The van der Waals surface area contributed by atoms with E-state index in [-0.39, 0.29) is 0 Å². The van der Waals surface area contributed by atoms with Gasteiger partial charge in [-0.05, 0) is 66.6 Å². The zero-order valence-electron chi connectivity index (χ0n) is 19.3. The molecule has 0 aliphatic rings. The number of fused-ring (bicyclic) bond motifs is 1. The summed E-state index contributed by atoms with van der Waals surface area (Å²) < 4.78 is 12.1. The number of pyridine rings is 1. The summed E-state index contributed by atoms with van der Waals surface area (Å²) in [5.74, 6) is 4.85. The Bertz CT molecular complexity index is 1520. The molecule has 6 nitrogen and oxygen atoms in total. The molecule has 0 bridgehead atoms. The van der Waals surface area contributed by atoms with Crippen LogP contribution in [0.15, 0.2) is 97.3 Å². The number of hydrogen-bond acceptors (Lipinski definition) is 6. The van der Waals surface area contributed by atoms with Gasteiger partial charge in [-0.1, -0.05) is 24.3 Å². The summed E-state index contributed by atoms with van der Waals surface area (Å²) in [6.45, 7) is 0. The Kier molecular flexibility index (Phi) is 6.23. The average molecular weight is 459 g/mol. The second-order valence-corrected chi connectivity index (χ2v) is 7.92. The largest absolute Gasteiger partial charge is 0.457 e. The SMILES string of the molecule is CN(C)c1ccc(C#COc2cccc(Oc3ccccc3)c2-c2cnc3cccnc3n2)cc1. The molecule has 5 rings (SSSR count). The molecule has 0 saturated carbocycles. The minimum atomic E-state index is 0.514. The molecule has 2 aromatic heterocycles. The third-order valence-electron chi connectivity index (χ3n) is 5.27. The lowest BCUT2D eigenvalue weighted by atomic mass is 10.1. The summed E-state index contributed by atoms with van der Waals surface area (Å²) in [5.41, 5.74) is 4.43. The maximum atomic E-state index is 6.20. The summed E-state index contributed by atoms with van der Waals surface area (Å²) in [7, 11) is 4.00. The number of rotatable bonds is 5. The third-order valence-corrected chi connectivity index (χ3v) is 5.27. The van der Waals surface area contributed by atoms with Crippen molar-refractivity contribution < 1.29 is 9.47 Å². The molecule has 3 aromatic carbocycles. The van der Waals surface area contributed by atoms with Crippen LogP contribution in [0.3, 0.4) is 0 Å². The van der Waals surface area contributed by atoms with Crippen molar-refractivity contribution in [2.24, 2.45) is 0 Å². The molecule has 170 valence electrons. The van der Waals surface area contributed by atoms with Crippen LogP contribution in [0.4, 0.5) is 5.69 Å². The van der Waals surface area contributed by atoms with Crippen LogP contribution in [0.25, 0.3) is 22.4 Å². The first-order chi connectivity index (χ1) is 17.2. The highest BCUT2D eigenvalue weighted by atomic mass is 16.5. The van der Waals surface area contributed by atoms with E-state index in [1.807, 2.05) is 104 Å². The van der Waals surface area contributed by atoms with E-state index in [0.29, 0.717) is 39.7 Å². The topological polar surface area (TPSA) is 60.4 Å². The highest BCUT2D eigenvalue weighted by Gasteiger charge is 2.17. The summed E-state index contributed by atoms with van der Waals surface area (Å²) in [4.78, 5) is 15.6. The summed E-state index contributed by atoms with van der Waals surface area (Å²) in [6.07, 6.45) is 6.21. The zero-order chi connectivity index (χ0) is 24.0. The predicted octanol–water partition coefficient (Wildman–Crippen LogP) is 5.94. The van der Waals surface area contributed by atoms with Crippen molar-refractivity contribution in [1.29, 1.82) is 0 Å². The van der Waals surface area contributed by atoms with Gasteiger partial charge in [-0.3, -0.25) is 4.98 Å². The molecule has 0 unspecified atom stereocenters. The van der Waals surface area contributed by atoms with Gasteiger partial charge >= 0.3 is 0 Å². The predicted molar refractivity (Wildman–Crippen MR) is 138 cm³/mol. The molecule has 0 spiro atoms. The van der Waals surface area contributed by atoms with E-state index in [0.717, 1.165) is 11.3 Å². The van der Waals surface area contributed by atoms with Gasteiger partial charge in [0.15, 0.2) is 11.4 Å². The molecule has 0 aliphatic heterocycles. The number of anilines is 1. The Morgan fingerprint density at radius 1 is 0.771 bits per heavy atom. The van der Waals surface area contributed by atoms with Crippen LogP contribution in [0.5, 0.6) is 17.2 Å². The van der Waals surface area contributed by atoms with Crippen LogP contribution in [0, 0.1) is 12.0 Å². The highest BCUT2D eigenvalue weighted by molar-refractivity contribution is 5.79. The van der Waals surface area contributed by atoms with Gasteiger partial charge < -0.3 is 14.4 Å². The summed E-state index contributed by atoms with van der Waals surface area (Å²) >= 11 is 0. The lowest BCUT2D eigenvalue weighted by molar-refractivity contribution is 0.474. The molecule has 0 fully saturated rings. The van der Waals surface area contributed by atoms with Gasteiger partial charge in [0.1, 0.15) is 23.1 Å². The first kappa shape index (κ1) is 21.9. The van der Waals surface area contributed by atoms with Crippen molar-refractivity contribution in [3.05, 3.63) is 103 Å². The van der Waals surface area contributed by atoms with Crippen molar-refractivity contribution in [2.45, 2.75) is 0 Å². The molecule has 35 heavy (non-hydrogen) atoms. The molecule has 2 heterocycles. The number of benzene rings is 3. The average Bonchev–Trinajstić information content (AvgIpc) is 2.89. The van der Waals surface area contributed by atoms with Gasteiger partial charge in [0.2, 0.25) is 0 Å². The quantitative estimate of drug-likeness (QED) is 0.304. The molecular formula is C29H22N4O2. The minimum Gasteiger partial charge on any atom is -0.457 e. The minimum absolute atomic E-state index is 0.514. The highest BCUT2D eigenvalue weighted by Crippen LogP contribution is 2.39. The van der Waals surface area contributed by atoms with E-state index in [2.05, 4.69) is 22.0 Å². The normalized spacial score (nSPS) is 10.3. The van der Waals surface area contributed by atoms with E-state index in [1.165, 1.54) is 0 Å². The fourth-order valence-corrected chi connectivity index (χ4v) is 3.50. The first-order valence-electron chi connectivity index (χ1n) is 11.1. The van der Waals surface area contributed by atoms with E-state index in [4.69, 9.17) is 14.5 Å². The molecule has 0 amide bonds. The second-order valence-electron chi connectivity index (χ2n) is 7.92. The van der Waals surface area contributed by atoms with Crippen molar-refractivity contribution in [3.8, 4) is 40.5 Å². The Labute approximate surface area is 203 Å². The second kappa shape index (κ2) is 9.94. The molecule has 0 saturated heterocycles. The maximum Gasteiger partial charge on any atom is 0.178 e. The first-order valence-corrected chi connectivity index (χ1v) is 11.1. The van der Waals surface area contributed by atoms with Crippen molar-refractivity contribution in [3.63, 3.8) is 0 Å². The standard InChI is InChI=1S/C29H22N4O2/c1-33(2)22-15-13-21(14-16-22)17-19-34-26-11-6-12-27(35-23-8-4-3-5-9-23)28(26)25-20-31-24-10-7-18-30-29(24)32-25/h3-16,18,20H,1-2H3. The molecule has 0 aliphatic carbocycles. The summed E-state index contributed by atoms with van der Waals surface area (Å²) in [6, 6.07) is 26.8. The van der Waals surface area contributed by atoms with E-state index >= 15 is 0 Å². The van der Waals surface area contributed by atoms with Crippen LogP contribution in [-0.4, -0.2) is 29.0 Å². The van der Waals surface area contributed by atoms with Gasteiger partial charge in [0, 0.05) is 31.5 Å². The van der Waals surface area contributed by atoms with Gasteiger partial charge in [-0.25, -0.2) is 9.97 Å². The summed E-state index contributed by atoms with van der Waals surface area (Å²) in [5, 5.41) is 0. The van der Waals surface area contributed by atoms with Gasteiger partial charge in [-0.2, -0.15) is 0 Å². The van der Waals surface area contributed by atoms with Crippen LogP contribution >= 0.6 is 0 Å². The van der Waals surface area contributed by atoms with E-state index in [9.17, 15) is 0 Å². The number of nitrogens with zero attached hydrogens (tertiary/aromatic N) is 4. The Balaban J connectivity index is 1.53. The number of para-hydroxylation sites is 1. The fourth-order valence-electron chi connectivity index (χ4n) is 3.50. The van der Waals surface area contributed by atoms with E-state index < -0.39 is 0 Å². The van der Waals surface area contributed by atoms with Crippen molar-refractivity contribution in [1.82, 2.24) is 15.0 Å². The van der Waals surface area contributed by atoms with Crippen LogP contribution < -0.4 is 14.4 Å². The van der Waals surface area contributed by atoms with Crippen molar-refractivity contribution >= 4 is 16.9 Å². The molecule has 6 heteroatoms. The van der Waals surface area contributed by atoms with Gasteiger partial charge in [0.05, 0.1) is 17.5 Å². The van der Waals surface area contributed by atoms with Gasteiger partial charge in [0.25, 0.3) is 0 Å². The molecular weight excluding hydrogens is 436 g/mol. The molecule has 0 N–H and O–H groups in total. The maximum absolute atomic E-state index is 6.20. The lowest BCUT2D eigenvalue weighted by Gasteiger charge is -2.14. The van der Waals surface area contributed by atoms with Crippen molar-refractivity contribution in [2.75, 3.05) is 19.0 Å². The van der Waals surface area contributed by atoms with Gasteiger partial charge in [-0.15, -0.1) is 0 Å². The van der Waals surface area contributed by atoms with Crippen LogP contribution in [0.2, 0.25) is 0 Å². The number of hydrogen-bond donors (Lipinski definition) is 0. The molecule has 0 atom stereocenters. The zero-order valence-corrected chi connectivity index (χ0v) is 19.3. The lowest BCUT2D eigenvalue weighted by Crippen LogP contribution is -2.07. The Morgan fingerprint density at radius 2 is 1.57 bits per heavy atom. The number of aromatic nitrogens is 3. The number of ether oxygens (including phenoxy) is 2. The Morgan fingerprint density at radius 3 is 2.37 bits per heavy atom. The third kappa shape index (κ3) is 5.05.